The van der Waals surface area contributed by atoms with Crippen LogP contribution in [0.2, 0.25) is 0 Å². The highest BCUT2D eigenvalue weighted by atomic mass is 16.5. The molecule has 0 aromatic heterocycles. The van der Waals surface area contributed by atoms with Gasteiger partial charge in [0.1, 0.15) is 0 Å². The Hall–Kier alpha value is -2.10. The lowest BCUT2D eigenvalue weighted by Gasteiger charge is -2.09. The average Bonchev–Trinajstić information content (AvgIpc) is 2.43. The van der Waals surface area contributed by atoms with Crippen LogP contribution in [0, 0.1) is 5.92 Å². The number of carbonyl (C=O) groups excluding carboxylic acids is 2. The van der Waals surface area contributed by atoms with Gasteiger partial charge >= 0.3 is 11.9 Å². The standard InChI is InChI=1S/C14H16O4/c1-17-13(15)12(14(16)18-2)10-6-9-11-7-4-3-5-8-11/h3-9,12H,10H2,1-2H3. The molecule has 1 aromatic rings. The van der Waals surface area contributed by atoms with E-state index in [9.17, 15) is 9.59 Å². The topological polar surface area (TPSA) is 52.6 Å². The third-order valence-corrected chi connectivity index (χ3v) is 2.45. The third kappa shape index (κ3) is 4.05. The molecule has 0 fully saturated rings. The summed E-state index contributed by atoms with van der Waals surface area (Å²) < 4.78 is 9.13. The summed E-state index contributed by atoms with van der Waals surface area (Å²) in [4.78, 5) is 22.8. The third-order valence-electron chi connectivity index (χ3n) is 2.45. The highest BCUT2D eigenvalue weighted by molar-refractivity contribution is 5.95. The highest BCUT2D eigenvalue weighted by Gasteiger charge is 2.26. The van der Waals surface area contributed by atoms with E-state index in [0.29, 0.717) is 0 Å². The Balaban J connectivity index is 2.65. The first-order valence-corrected chi connectivity index (χ1v) is 5.56. The van der Waals surface area contributed by atoms with E-state index in [4.69, 9.17) is 0 Å². The van der Waals surface area contributed by atoms with Crippen LogP contribution in [-0.2, 0) is 19.1 Å². The highest BCUT2D eigenvalue weighted by Crippen LogP contribution is 2.11. The van der Waals surface area contributed by atoms with Gasteiger partial charge < -0.3 is 9.47 Å². The smallest absolute Gasteiger partial charge is 0.320 e. The van der Waals surface area contributed by atoms with Crippen molar-refractivity contribution in [2.75, 3.05) is 14.2 Å². The minimum Gasteiger partial charge on any atom is -0.468 e. The number of hydrogen-bond acceptors (Lipinski definition) is 4. The van der Waals surface area contributed by atoms with Crippen molar-refractivity contribution >= 4 is 18.0 Å². The van der Waals surface area contributed by atoms with E-state index in [1.807, 2.05) is 36.4 Å². The lowest BCUT2D eigenvalue weighted by molar-refractivity contribution is -0.158. The molecule has 0 atom stereocenters. The van der Waals surface area contributed by atoms with Crippen LogP contribution in [0.4, 0.5) is 0 Å². The average molecular weight is 248 g/mol. The monoisotopic (exact) mass is 248 g/mol. The summed E-state index contributed by atoms with van der Waals surface area (Å²) in [5.74, 6) is -2.07. The fourth-order valence-electron chi connectivity index (χ4n) is 1.48. The summed E-state index contributed by atoms with van der Waals surface area (Å²) in [6.07, 6.45) is 3.86. The van der Waals surface area contributed by atoms with Crippen LogP contribution in [0.5, 0.6) is 0 Å². The van der Waals surface area contributed by atoms with Crippen LogP contribution in [-0.4, -0.2) is 26.2 Å². The zero-order chi connectivity index (χ0) is 13.4. The fourth-order valence-corrected chi connectivity index (χ4v) is 1.48. The SMILES string of the molecule is COC(=O)C(CC=Cc1ccccc1)C(=O)OC. The summed E-state index contributed by atoms with van der Waals surface area (Å²) >= 11 is 0. The molecule has 4 heteroatoms. The normalized spacial score (nSPS) is 10.6. The zero-order valence-electron chi connectivity index (χ0n) is 10.5. The maximum Gasteiger partial charge on any atom is 0.320 e. The molecule has 0 radical (unpaired) electrons. The first-order valence-electron chi connectivity index (χ1n) is 5.56. The van der Waals surface area contributed by atoms with Gasteiger partial charge in [0.15, 0.2) is 5.92 Å². The molecule has 0 aliphatic heterocycles. The molecule has 96 valence electrons. The van der Waals surface area contributed by atoms with Crippen LogP contribution in [0.1, 0.15) is 12.0 Å². The van der Waals surface area contributed by atoms with Gasteiger partial charge in [0.05, 0.1) is 14.2 Å². The largest absolute Gasteiger partial charge is 0.468 e. The number of rotatable bonds is 5. The molecule has 0 bridgehead atoms. The van der Waals surface area contributed by atoms with Gasteiger partial charge in [-0.15, -0.1) is 0 Å². The molecule has 0 aliphatic carbocycles. The number of hydrogen-bond donors (Lipinski definition) is 0. The number of benzene rings is 1. The van der Waals surface area contributed by atoms with Gasteiger partial charge in [-0.3, -0.25) is 9.59 Å². The predicted octanol–water partition coefficient (Wildman–Crippen LogP) is 2.05. The Labute approximate surface area is 106 Å². The van der Waals surface area contributed by atoms with Crippen molar-refractivity contribution in [2.45, 2.75) is 6.42 Å². The van der Waals surface area contributed by atoms with Crippen LogP contribution >= 0.6 is 0 Å². The molecule has 0 N–H and O–H groups in total. The molecule has 1 aromatic carbocycles. The van der Waals surface area contributed by atoms with Crippen molar-refractivity contribution < 1.29 is 19.1 Å². The van der Waals surface area contributed by atoms with Crippen molar-refractivity contribution in [3.63, 3.8) is 0 Å². The Morgan fingerprint density at radius 1 is 1.11 bits per heavy atom. The van der Waals surface area contributed by atoms with Crippen molar-refractivity contribution in [1.29, 1.82) is 0 Å². The maximum atomic E-state index is 11.4. The Bertz CT molecular complexity index is 407. The molecule has 0 heterocycles. The molecular weight excluding hydrogens is 232 g/mol. The minimum absolute atomic E-state index is 0.258. The van der Waals surface area contributed by atoms with Gasteiger partial charge in [0.25, 0.3) is 0 Å². The molecule has 0 saturated heterocycles. The number of ether oxygens (including phenoxy) is 2. The summed E-state index contributed by atoms with van der Waals surface area (Å²) in [5, 5.41) is 0. The second-order valence-corrected chi connectivity index (χ2v) is 3.65. The lowest BCUT2D eigenvalue weighted by atomic mass is 10.0. The fraction of sp³-hybridized carbons (Fsp3) is 0.286. The quantitative estimate of drug-likeness (QED) is 0.591. The van der Waals surface area contributed by atoms with E-state index in [1.165, 1.54) is 14.2 Å². The summed E-state index contributed by atoms with van der Waals surface area (Å²) in [6, 6.07) is 9.61. The molecule has 18 heavy (non-hydrogen) atoms. The summed E-state index contributed by atoms with van der Waals surface area (Å²) in [7, 11) is 2.50. The van der Waals surface area contributed by atoms with Gasteiger partial charge in [0.2, 0.25) is 0 Å². The summed E-state index contributed by atoms with van der Waals surface area (Å²) in [6.45, 7) is 0. The second-order valence-electron chi connectivity index (χ2n) is 3.65. The van der Waals surface area contributed by atoms with Crippen LogP contribution in [0.25, 0.3) is 6.08 Å². The lowest BCUT2D eigenvalue weighted by Crippen LogP contribution is -2.25. The van der Waals surface area contributed by atoms with Gasteiger partial charge in [-0.2, -0.15) is 0 Å². The Kier molecular flexibility index (Phi) is 5.64. The van der Waals surface area contributed by atoms with E-state index in [0.717, 1.165) is 5.56 Å². The Morgan fingerprint density at radius 2 is 1.67 bits per heavy atom. The van der Waals surface area contributed by atoms with Crippen molar-refractivity contribution in [3.05, 3.63) is 42.0 Å². The van der Waals surface area contributed by atoms with Crippen LogP contribution in [0.15, 0.2) is 36.4 Å². The second kappa shape index (κ2) is 7.27. The van der Waals surface area contributed by atoms with E-state index in [1.54, 1.807) is 6.08 Å². The first kappa shape index (κ1) is 14.0. The maximum absolute atomic E-state index is 11.4. The van der Waals surface area contributed by atoms with Gasteiger partial charge in [-0.25, -0.2) is 0 Å². The van der Waals surface area contributed by atoms with Gasteiger partial charge in [-0.05, 0) is 12.0 Å². The molecular formula is C14H16O4. The van der Waals surface area contributed by atoms with Crippen molar-refractivity contribution in [1.82, 2.24) is 0 Å². The molecule has 0 spiro atoms. The molecule has 0 amide bonds. The van der Waals surface area contributed by atoms with E-state index in [-0.39, 0.29) is 6.42 Å². The zero-order valence-corrected chi connectivity index (χ0v) is 10.5. The van der Waals surface area contributed by atoms with Crippen molar-refractivity contribution in [3.8, 4) is 0 Å². The summed E-state index contributed by atoms with van der Waals surface area (Å²) in [5.41, 5.74) is 1.01. The predicted molar refractivity (Wildman–Crippen MR) is 67.6 cm³/mol. The van der Waals surface area contributed by atoms with E-state index < -0.39 is 17.9 Å². The number of allylic oxidation sites excluding steroid dienone is 1. The van der Waals surface area contributed by atoms with Gasteiger partial charge in [0, 0.05) is 0 Å². The number of carbonyl (C=O) groups is 2. The van der Waals surface area contributed by atoms with E-state index >= 15 is 0 Å². The molecule has 0 aliphatic rings. The first-order chi connectivity index (χ1) is 8.69. The van der Waals surface area contributed by atoms with Crippen LogP contribution in [0.3, 0.4) is 0 Å². The molecule has 1 rings (SSSR count). The van der Waals surface area contributed by atoms with E-state index in [2.05, 4.69) is 9.47 Å². The number of methoxy groups -OCH3 is 2. The minimum atomic E-state index is -0.903. The molecule has 0 saturated carbocycles. The number of esters is 2. The molecule has 4 nitrogen and oxygen atoms in total. The van der Waals surface area contributed by atoms with Crippen molar-refractivity contribution in [2.24, 2.45) is 5.92 Å². The molecule has 0 unspecified atom stereocenters. The Morgan fingerprint density at radius 3 is 2.17 bits per heavy atom. The van der Waals surface area contributed by atoms with Crippen LogP contribution < -0.4 is 0 Å². The van der Waals surface area contributed by atoms with Gasteiger partial charge in [-0.1, -0.05) is 42.5 Å².